The molecule has 0 radical (unpaired) electrons. The quantitative estimate of drug-likeness (QED) is 0.840. The van der Waals surface area contributed by atoms with Gasteiger partial charge in [0.1, 0.15) is 23.4 Å². The van der Waals surface area contributed by atoms with Crippen molar-refractivity contribution < 1.29 is 18.4 Å². The molecule has 130 valence electrons. The third-order valence-corrected chi connectivity index (χ3v) is 4.13. The molecule has 1 saturated heterocycles. The van der Waals surface area contributed by atoms with Gasteiger partial charge in [-0.15, -0.1) is 0 Å². The van der Waals surface area contributed by atoms with Crippen LogP contribution in [0.2, 0.25) is 0 Å². The molecule has 0 aliphatic carbocycles. The second-order valence-electron chi connectivity index (χ2n) is 5.79. The van der Waals surface area contributed by atoms with Crippen LogP contribution in [0.5, 0.6) is 0 Å². The van der Waals surface area contributed by atoms with E-state index in [-0.39, 0.29) is 11.8 Å². The van der Waals surface area contributed by atoms with Crippen molar-refractivity contribution in [2.45, 2.75) is 19.4 Å². The maximum Gasteiger partial charge on any atom is 0.150 e. The molecule has 5 nitrogen and oxygen atoms in total. The fourth-order valence-corrected chi connectivity index (χ4v) is 2.87. The van der Waals surface area contributed by atoms with Crippen LogP contribution in [0.4, 0.5) is 14.5 Å². The van der Waals surface area contributed by atoms with E-state index in [1.165, 1.54) is 12.1 Å². The van der Waals surface area contributed by atoms with Crippen molar-refractivity contribution in [3.8, 4) is 0 Å². The highest BCUT2D eigenvalue weighted by Gasteiger charge is 2.26. The fourth-order valence-electron chi connectivity index (χ4n) is 2.79. The summed E-state index contributed by atoms with van der Waals surface area (Å²) in [5, 5.41) is 6.96. The van der Waals surface area contributed by atoms with E-state index >= 15 is 0 Å². The Morgan fingerprint density at radius 1 is 1.33 bits per heavy atom. The van der Waals surface area contributed by atoms with Crippen LogP contribution in [0.3, 0.4) is 0 Å². The van der Waals surface area contributed by atoms with Crippen LogP contribution in [0, 0.1) is 11.6 Å². The number of benzene rings is 1. The van der Waals surface area contributed by atoms with Crippen molar-refractivity contribution in [1.29, 1.82) is 0 Å². The zero-order valence-corrected chi connectivity index (χ0v) is 14.2. The summed E-state index contributed by atoms with van der Waals surface area (Å²) in [5.41, 5.74) is 0.940. The van der Waals surface area contributed by atoms with Gasteiger partial charge < -0.3 is 19.8 Å². The SMILES string of the molecule is CC(=S)NC[C@H]1CC(c2cc(F)c(N3CCOCC3)c(F)c2)=NO1. The number of anilines is 1. The van der Waals surface area contributed by atoms with Crippen LogP contribution >= 0.6 is 12.2 Å². The predicted molar refractivity (Wildman–Crippen MR) is 91.7 cm³/mol. The molecule has 1 fully saturated rings. The van der Waals surface area contributed by atoms with E-state index in [0.29, 0.717) is 55.5 Å². The first-order valence-corrected chi connectivity index (χ1v) is 8.24. The molecule has 2 heterocycles. The van der Waals surface area contributed by atoms with Crippen LogP contribution < -0.4 is 10.2 Å². The average molecular weight is 355 g/mol. The first kappa shape index (κ1) is 17.0. The minimum Gasteiger partial charge on any atom is -0.390 e. The van der Waals surface area contributed by atoms with E-state index < -0.39 is 11.6 Å². The molecule has 1 aromatic carbocycles. The first-order valence-electron chi connectivity index (χ1n) is 7.84. The highest BCUT2D eigenvalue weighted by Crippen LogP contribution is 2.27. The van der Waals surface area contributed by atoms with E-state index in [1.807, 2.05) is 0 Å². The number of thiocarbonyl (C=S) groups is 1. The number of ether oxygens (including phenoxy) is 1. The van der Waals surface area contributed by atoms with Crippen molar-refractivity contribution in [3.05, 3.63) is 29.3 Å². The molecular formula is C16H19F2N3O2S. The lowest BCUT2D eigenvalue weighted by Gasteiger charge is -2.29. The third kappa shape index (κ3) is 3.81. The van der Waals surface area contributed by atoms with E-state index in [4.69, 9.17) is 21.8 Å². The lowest BCUT2D eigenvalue weighted by molar-refractivity contribution is 0.0887. The van der Waals surface area contributed by atoms with Gasteiger partial charge in [0, 0.05) is 25.1 Å². The second kappa shape index (κ2) is 7.40. The minimum atomic E-state index is -0.592. The predicted octanol–water partition coefficient (Wildman–Crippen LogP) is 2.23. The smallest absolute Gasteiger partial charge is 0.150 e. The Bertz CT molecular complexity index is 640. The van der Waals surface area contributed by atoms with Gasteiger partial charge in [0.25, 0.3) is 0 Å². The topological polar surface area (TPSA) is 46.1 Å². The molecule has 0 aromatic heterocycles. The summed E-state index contributed by atoms with van der Waals surface area (Å²) in [6.45, 7) is 4.18. The van der Waals surface area contributed by atoms with E-state index in [1.54, 1.807) is 11.8 Å². The Kier molecular flexibility index (Phi) is 5.25. The fraction of sp³-hybridized carbons (Fsp3) is 0.500. The number of nitrogens with one attached hydrogen (secondary N) is 1. The van der Waals surface area contributed by atoms with Gasteiger partial charge in [0.05, 0.1) is 30.5 Å². The van der Waals surface area contributed by atoms with Crippen LogP contribution in [0.15, 0.2) is 17.3 Å². The number of nitrogens with zero attached hydrogens (tertiary/aromatic N) is 2. The molecule has 2 aliphatic rings. The molecule has 0 saturated carbocycles. The van der Waals surface area contributed by atoms with Gasteiger partial charge in [-0.3, -0.25) is 0 Å². The Labute approximate surface area is 144 Å². The number of rotatable bonds is 4. The molecule has 0 amide bonds. The van der Waals surface area contributed by atoms with Gasteiger partial charge >= 0.3 is 0 Å². The number of halogens is 2. The largest absolute Gasteiger partial charge is 0.390 e. The van der Waals surface area contributed by atoms with Gasteiger partial charge in [-0.05, 0) is 19.1 Å². The number of hydrogen-bond acceptors (Lipinski definition) is 5. The Morgan fingerprint density at radius 2 is 2.00 bits per heavy atom. The summed E-state index contributed by atoms with van der Waals surface area (Å²) in [4.78, 5) is 7.62. The lowest BCUT2D eigenvalue weighted by Crippen LogP contribution is -2.37. The first-order chi connectivity index (χ1) is 11.5. The van der Waals surface area contributed by atoms with Crippen LogP contribution in [0.25, 0.3) is 0 Å². The Hall–Kier alpha value is -1.80. The second-order valence-corrected chi connectivity index (χ2v) is 6.41. The average Bonchev–Trinajstić information content (AvgIpc) is 3.02. The Morgan fingerprint density at radius 3 is 2.62 bits per heavy atom. The van der Waals surface area contributed by atoms with Gasteiger partial charge in [0.15, 0.2) is 0 Å². The van der Waals surface area contributed by atoms with E-state index in [9.17, 15) is 8.78 Å². The molecule has 1 N–H and O–H groups in total. The third-order valence-electron chi connectivity index (χ3n) is 3.99. The highest BCUT2D eigenvalue weighted by molar-refractivity contribution is 7.80. The van der Waals surface area contributed by atoms with Crippen LogP contribution in [-0.4, -0.2) is 49.7 Å². The van der Waals surface area contributed by atoms with E-state index in [0.717, 1.165) is 0 Å². The molecular weight excluding hydrogens is 336 g/mol. The van der Waals surface area contributed by atoms with Gasteiger partial charge in [-0.25, -0.2) is 8.78 Å². The molecule has 2 aliphatic heterocycles. The van der Waals surface area contributed by atoms with Crippen LogP contribution in [-0.2, 0) is 9.57 Å². The molecule has 3 rings (SSSR count). The summed E-state index contributed by atoms with van der Waals surface area (Å²) in [6.07, 6.45) is 0.286. The Balaban J connectivity index is 1.72. The molecule has 1 atom stereocenters. The summed E-state index contributed by atoms with van der Waals surface area (Å²) < 4.78 is 34.1. The minimum absolute atomic E-state index is 0.00360. The maximum atomic E-state index is 14.5. The summed E-state index contributed by atoms with van der Waals surface area (Å²) in [7, 11) is 0. The molecule has 1 aromatic rings. The van der Waals surface area contributed by atoms with Crippen molar-refractivity contribution >= 4 is 28.6 Å². The van der Waals surface area contributed by atoms with Gasteiger partial charge in [-0.2, -0.15) is 0 Å². The zero-order valence-electron chi connectivity index (χ0n) is 13.3. The van der Waals surface area contributed by atoms with Crippen LogP contribution in [0.1, 0.15) is 18.9 Å². The van der Waals surface area contributed by atoms with Crippen molar-refractivity contribution in [1.82, 2.24) is 5.32 Å². The standard InChI is InChI=1S/C16H19F2N3O2S/c1-10(24)19-9-12-8-15(20-23-12)11-6-13(17)16(14(18)7-11)21-2-4-22-5-3-21/h6-7,12H,2-5,8-9H2,1H3,(H,19,24)/t12-/m1/s1. The lowest BCUT2D eigenvalue weighted by atomic mass is 10.0. The van der Waals surface area contributed by atoms with Gasteiger partial charge in [-0.1, -0.05) is 17.4 Å². The number of oxime groups is 1. The maximum absolute atomic E-state index is 14.5. The van der Waals surface area contributed by atoms with Crippen molar-refractivity contribution in [2.75, 3.05) is 37.7 Å². The molecule has 8 heteroatoms. The molecule has 0 bridgehead atoms. The molecule has 24 heavy (non-hydrogen) atoms. The van der Waals surface area contributed by atoms with E-state index in [2.05, 4.69) is 10.5 Å². The molecule has 0 unspecified atom stereocenters. The summed E-state index contributed by atoms with van der Waals surface area (Å²) in [5.74, 6) is -1.18. The zero-order chi connectivity index (χ0) is 17.1. The highest BCUT2D eigenvalue weighted by atomic mass is 32.1. The molecule has 0 spiro atoms. The normalized spacial score (nSPS) is 20.5. The van der Waals surface area contributed by atoms with Gasteiger partial charge in [0.2, 0.25) is 0 Å². The number of hydrogen-bond donors (Lipinski definition) is 1. The van der Waals surface area contributed by atoms with Crippen molar-refractivity contribution in [2.24, 2.45) is 5.16 Å². The van der Waals surface area contributed by atoms with Crippen molar-refractivity contribution in [3.63, 3.8) is 0 Å². The summed E-state index contributed by atoms with van der Waals surface area (Å²) in [6, 6.07) is 2.63. The summed E-state index contributed by atoms with van der Waals surface area (Å²) >= 11 is 4.95. The number of morpholine rings is 1. The monoisotopic (exact) mass is 355 g/mol.